The highest BCUT2D eigenvalue weighted by Crippen LogP contribution is 2.36. The molecule has 0 fully saturated rings. The minimum atomic E-state index is -4.87. The van der Waals surface area contributed by atoms with E-state index in [2.05, 4.69) is 14.7 Å². The zero-order valence-corrected chi connectivity index (χ0v) is 19.3. The van der Waals surface area contributed by atoms with Crippen LogP contribution in [0.15, 0.2) is 53.7 Å². The fraction of sp³-hybridized carbons (Fsp3) is 0.150. The molecule has 2 heterocycles. The smallest absolute Gasteiger partial charge is 0.294 e. The van der Waals surface area contributed by atoms with E-state index in [1.165, 1.54) is 13.2 Å². The number of pyridine rings is 2. The lowest BCUT2D eigenvalue weighted by molar-refractivity contribution is -0.137. The number of hydrogen-bond acceptors (Lipinski definition) is 5. The molecule has 0 aliphatic carbocycles. The number of halogens is 5. The molecule has 1 aromatic carbocycles. The molecule has 2 aromatic heterocycles. The summed E-state index contributed by atoms with van der Waals surface area (Å²) in [5.74, 6) is -0.451. The van der Waals surface area contributed by atoms with Crippen LogP contribution in [-0.2, 0) is 16.2 Å². The fourth-order valence-corrected chi connectivity index (χ4v) is 4.21. The predicted molar refractivity (Wildman–Crippen MR) is 118 cm³/mol. The van der Waals surface area contributed by atoms with E-state index in [4.69, 9.17) is 23.2 Å². The molecule has 0 atom stereocenters. The first-order valence-corrected chi connectivity index (χ1v) is 11.3. The first kappa shape index (κ1) is 24.7. The minimum Gasteiger partial charge on any atom is -0.294 e. The predicted octanol–water partition coefficient (Wildman–Crippen LogP) is 5.19. The largest absolute Gasteiger partial charge is 0.417 e. The summed E-state index contributed by atoms with van der Waals surface area (Å²) in [6, 6.07) is 6.60. The molecule has 1 N–H and O–H groups in total. The quantitative estimate of drug-likeness (QED) is 0.501. The number of benzene rings is 1. The molecule has 0 unspecified atom stereocenters. The Morgan fingerprint density at radius 2 is 1.79 bits per heavy atom. The third-order valence-electron chi connectivity index (χ3n) is 4.40. The summed E-state index contributed by atoms with van der Waals surface area (Å²) in [5, 5.41) is -0.665. The summed E-state index contributed by atoms with van der Waals surface area (Å²) in [4.78, 5) is 21.5. The van der Waals surface area contributed by atoms with Crippen molar-refractivity contribution >= 4 is 50.6 Å². The van der Waals surface area contributed by atoms with Crippen LogP contribution in [0.2, 0.25) is 10.0 Å². The monoisotopic (exact) mass is 518 g/mol. The summed E-state index contributed by atoms with van der Waals surface area (Å²) in [6.07, 6.45) is -2.24. The van der Waals surface area contributed by atoms with Gasteiger partial charge in [-0.15, -0.1) is 0 Å². The number of aromatic nitrogens is 2. The minimum absolute atomic E-state index is 0.00679. The summed E-state index contributed by atoms with van der Waals surface area (Å²) >= 11 is 11.5. The molecule has 0 saturated heterocycles. The number of amides is 1. The topological polar surface area (TPSA) is 92.3 Å². The molecule has 0 saturated carbocycles. The zero-order valence-electron chi connectivity index (χ0n) is 17.0. The average molecular weight is 519 g/mol. The lowest BCUT2D eigenvalue weighted by Crippen LogP contribution is -2.29. The highest BCUT2D eigenvalue weighted by Gasteiger charge is 2.35. The number of anilines is 2. The molecule has 0 bridgehead atoms. The molecule has 1 amide bonds. The molecular formula is C20H15Cl2F3N4O3S. The second-order valence-corrected chi connectivity index (χ2v) is 9.38. The van der Waals surface area contributed by atoms with E-state index in [1.54, 1.807) is 19.1 Å². The van der Waals surface area contributed by atoms with E-state index in [0.29, 0.717) is 6.07 Å². The number of carbonyl (C=O) groups excluding carboxylic acids is 1. The van der Waals surface area contributed by atoms with Crippen molar-refractivity contribution in [1.82, 2.24) is 9.97 Å². The fourth-order valence-electron chi connectivity index (χ4n) is 2.75. The van der Waals surface area contributed by atoms with Crippen LogP contribution in [0.25, 0.3) is 0 Å². The van der Waals surface area contributed by atoms with E-state index >= 15 is 0 Å². The average Bonchev–Trinajstić information content (AvgIpc) is 2.72. The van der Waals surface area contributed by atoms with Gasteiger partial charge in [0.15, 0.2) is 5.69 Å². The molecule has 0 aliphatic heterocycles. The normalized spacial score (nSPS) is 11.8. The van der Waals surface area contributed by atoms with Gasteiger partial charge in [0, 0.05) is 19.4 Å². The molecule has 33 heavy (non-hydrogen) atoms. The third-order valence-corrected chi connectivity index (χ3v) is 6.30. The van der Waals surface area contributed by atoms with Crippen LogP contribution in [0.5, 0.6) is 0 Å². The Morgan fingerprint density at radius 1 is 1.09 bits per heavy atom. The van der Waals surface area contributed by atoms with E-state index in [-0.39, 0.29) is 22.2 Å². The van der Waals surface area contributed by atoms with Gasteiger partial charge in [-0.05, 0) is 48.9 Å². The van der Waals surface area contributed by atoms with Crippen molar-refractivity contribution in [2.45, 2.75) is 18.0 Å². The van der Waals surface area contributed by atoms with Gasteiger partial charge in [0.1, 0.15) is 5.82 Å². The van der Waals surface area contributed by atoms with Gasteiger partial charge >= 0.3 is 6.18 Å². The van der Waals surface area contributed by atoms with Gasteiger partial charge in [-0.3, -0.25) is 14.4 Å². The van der Waals surface area contributed by atoms with Gasteiger partial charge in [-0.2, -0.15) is 13.2 Å². The number of hydrogen-bond donors (Lipinski definition) is 1. The lowest BCUT2D eigenvalue weighted by Gasteiger charge is -2.19. The number of carbonyl (C=O) groups is 1. The molecule has 3 rings (SSSR count). The molecule has 7 nitrogen and oxygen atoms in total. The first-order chi connectivity index (χ1) is 15.3. The van der Waals surface area contributed by atoms with Gasteiger partial charge in [0.05, 0.1) is 26.2 Å². The van der Waals surface area contributed by atoms with Crippen molar-refractivity contribution in [3.8, 4) is 0 Å². The Balaban J connectivity index is 2.01. The first-order valence-electron chi connectivity index (χ1n) is 9.05. The zero-order chi connectivity index (χ0) is 24.6. The van der Waals surface area contributed by atoms with Crippen LogP contribution in [0, 0.1) is 6.92 Å². The summed E-state index contributed by atoms with van der Waals surface area (Å²) in [5.41, 5.74) is -1.15. The number of aryl methyl sites for hydroxylation is 1. The summed E-state index contributed by atoms with van der Waals surface area (Å²) in [7, 11) is -3.17. The highest BCUT2D eigenvalue weighted by atomic mass is 35.5. The standard InChI is InChI=1S/C20H15Cl2F3N4O3S/c1-11-5-6-26-17(7-11)29(2)19(30)18-16(8-12(21)10-27-18)28-33(31,32)13-3-4-15(22)14(9-13)20(23,24)25/h3-10,28H,1-2H3. The molecular weight excluding hydrogens is 504 g/mol. The van der Waals surface area contributed by atoms with Crippen molar-refractivity contribution < 1.29 is 26.4 Å². The van der Waals surface area contributed by atoms with E-state index < -0.39 is 37.6 Å². The van der Waals surface area contributed by atoms with Crippen LogP contribution < -0.4 is 9.62 Å². The highest BCUT2D eigenvalue weighted by molar-refractivity contribution is 7.92. The molecule has 0 spiro atoms. The van der Waals surface area contributed by atoms with Crippen molar-refractivity contribution in [1.29, 1.82) is 0 Å². The van der Waals surface area contributed by atoms with Crippen LogP contribution in [0.3, 0.4) is 0 Å². The molecule has 174 valence electrons. The van der Waals surface area contributed by atoms with Gasteiger partial charge in [-0.25, -0.2) is 18.4 Å². The van der Waals surface area contributed by atoms with Gasteiger partial charge in [-0.1, -0.05) is 23.2 Å². The number of rotatable bonds is 5. The van der Waals surface area contributed by atoms with Crippen LogP contribution in [0.4, 0.5) is 24.7 Å². The Hall–Kier alpha value is -2.89. The maximum absolute atomic E-state index is 13.2. The second-order valence-electron chi connectivity index (χ2n) is 6.85. The van der Waals surface area contributed by atoms with E-state index in [9.17, 15) is 26.4 Å². The molecule has 0 radical (unpaired) electrons. The van der Waals surface area contributed by atoms with Crippen molar-refractivity contribution in [2.24, 2.45) is 0 Å². The van der Waals surface area contributed by atoms with E-state index in [1.807, 2.05) is 0 Å². The molecule has 3 aromatic rings. The molecule has 13 heteroatoms. The second kappa shape index (κ2) is 9.16. The number of alkyl halides is 3. The Bertz CT molecular complexity index is 1330. The van der Waals surface area contributed by atoms with Crippen LogP contribution in [0.1, 0.15) is 21.6 Å². The third kappa shape index (κ3) is 5.55. The number of sulfonamides is 1. The Labute approximate surface area is 197 Å². The van der Waals surface area contributed by atoms with Gasteiger partial charge < -0.3 is 0 Å². The lowest BCUT2D eigenvalue weighted by atomic mass is 10.2. The van der Waals surface area contributed by atoms with Crippen molar-refractivity contribution in [3.05, 3.63) is 75.7 Å². The Morgan fingerprint density at radius 3 is 2.42 bits per heavy atom. The summed E-state index contributed by atoms with van der Waals surface area (Å²) in [6.45, 7) is 1.80. The number of nitrogens with zero attached hydrogens (tertiary/aromatic N) is 3. The SMILES string of the molecule is Cc1ccnc(N(C)C(=O)c2ncc(Cl)cc2NS(=O)(=O)c2ccc(Cl)c(C(F)(F)F)c2)c1. The van der Waals surface area contributed by atoms with Gasteiger partial charge in [0.25, 0.3) is 15.9 Å². The maximum atomic E-state index is 13.2. The van der Waals surface area contributed by atoms with Crippen LogP contribution >= 0.6 is 23.2 Å². The van der Waals surface area contributed by atoms with Gasteiger partial charge in [0.2, 0.25) is 0 Å². The van der Waals surface area contributed by atoms with Crippen molar-refractivity contribution in [3.63, 3.8) is 0 Å². The van der Waals surface area contributed by atoms with E-state index in [0.717, 1.165) is 34.9 Å². The number of nitrogens with one attached hydrogen (secondary N) is 1. The van der Waals surface area contributed by atoms with Crippen molar-refractivity contribution in [2.75, 3.05) is 16.7 Å². The maximum Gasteiger partial charge on any atom is 0.417 e. The molecule has 0 aliphatic rings. The Kier molecular flexibility index (Phi) is 6.87. The van der Waals surface area contributed by atoms with Crippen LogP contribution in [-0.4, -0.2) is 31.3 Å². The summed E-state index contributed by atoms with van der Waals surface area (Å²) < 4.78 is 67.2.